The molecule has 2 aliphatic rings. The van der Waals surface area contributed by atoms with Gasteiger partial charge in [-0.2, -0.15) is 0 Å². The number of hydrogen-bond donors (Lipinski definition) is 1. The number of aromatic nitrogens is 2. The van der Waals surface area contributed by atoms with Gasteiger partial charge in [0.15, 0.2) is 5.13 Å². The zero-order valence-electron chi connectivity index (χ0n) is 17.3. The molecule has 1 aromatic carbocycles. The summed E-state index contributed by atoms with van der Waals surface area (Å²) in [7, 11) is 0. The van der Waals surface area contributed by atoms with Crippen LogP contribution in [0.3, 0.4) is 0 Å². The van der Waals surface area contributed by atoms with Crippen molar-refractivity contribution >= 4 is 34.2 Å². The van der Waals surface area contributed by atoms with E-state index in [-0.39, 0.29) is 29.7 Å². The minimum Gasteiger partial charge on any atom is -0.376 e. The summed E-state index contributed by atoms with van der Waals surface area (Å²) in [6.45, 7) is 2.75. The molecule has 32 heavy (non-hydrogen) atoms. The van der Waals surface area contributed by atoms with Gasteiger partial charge in [0, 0.05) is 18.4 Å². The summed E-state index contributed by atoms with van der Waals surface area (Å²) in [5.41, 5.74) is 2.40. The Morgan fingerprint density at radius 2 is 2.06 bits per heavy atom. The monoisotopic (exact) mass is 448 g/mol. The molecule has 0 radical (unpaired) electrons. The molecule has 0 bridgehead atoms. The summed E-state index contributed by atoms with van der Waals surface area (Å²) in [5.74, 6) is -1.13. The minimum absolute atomic E-state index is 0.124. The molecule has 1 fully saturated rings. The molecule has 9 heteroatoms. The van der Waals surface area contributed by atoms with Gasteiger partial charge in [-0.3, -0.25) is 29.6 Å². The Hall–Kier alpha value is -3.43. The normalized spacial score (nSPS) is 17.7. The molecule has 1 N–H and O–H groups in total. The van der Waals surface area contributed by atoms with E-state index in [2.05, 4.69) is 15.3 Å². The molecule has 3 aromatic rings. The Morgan fingerprint density at radius 3 is 2.81 bits per heavy atom. The summed E-state index contributed by atoms with van der Waals surface area (Å²) in [6.07, 6.45) is 3.34. The summed E-state index contributed by atoms with van der Waals surface area (Å²) in [5, 5.41) is 3.23. The van der Waals surface area contributed by atoms with Crippen LogP contribution in [0, 0.1) is 6.92 Å². The van der Waals surface area contributed by atoms with Crippen LogP contribution in [0.5, 0.6) is 0 Å². The Balaban J connectivity index is 1.34. The number of fused-ring (bicyclic) bond motifs is 1. The van der Waals surface area contributed by atoms with Crippen molar-refractivity contribution in [2.24, 2.45) is 0 Å². The zero-order valence-corrected chi connectivity index (χ0v) is 18.1. The van der Waals surface area contributed by atoms with E-state index < -0.39 is 11.8 Å². The van der Waals surface area contributed by atoms with Crippen LogP contribution in [0.1, 0.15) is 49.6 Å². The number of nitrogens with one attached hydrogen (secondary N) is 1. The molecule has 1 atom stereocenters. The van der Waals surface area contributed by atoms with Crippen molar-refractivity contribution in [3.8, 4) is 10.6 Å². The lowest BCUT2D eigenvalue weighted by Gasteiger charge is -2.17. The Kier molecular flexibility index (Phi) is 5.28. The van der Waals surface area contributed by atoms with Crippen LogP contribution < -0.4 is 5.32 Å². The third-order valence-electron chi connectivity index (χ3n) is 5.56. The predicted octanol–water partition coefficient (Wildman–Crippen LogP) is 3.54. The molecule has 1 saturated heterocycles. The molecule has 0 spiro atoms. The zero-order chi connectivity index (χ0) is 22.2. The van der Waals surface area contributed by atoms with Crippen molar-refractivity contribution in [3.63, 3.8) is 0 Å². The van der Waals surface area contributed by atoms with Crippen molar-refractivity contribution in [2.75, 3.05) is 18.5 Å². The highest BCUT2D eigenvalue weighted by Gasteiger charge is 2.38. The number of thiazole rings is 1. The van der Waals surface area contributed by atoms with Gasteiger partial charge in [-0.25, -0.2) is 4.98 Å². The number of imide groups is 1. The number of pyridine rings is 1. The van der Waals surface area contributed by atoms with E-state index in [4.69, 9.17) is 4.74 Å². The lowest BCUT2D eigenvalue weighted by atomic mass is 10.1. The molecule has 0 saturated carbocycles. The SMILES string of the molecule is Cc1nc(NC(=O)c2ccc3c(c2)C(=O)N(CC2CCCO2)C3=O)sc1-c1ccccn1. The lowest BCUT2D eigenvalue weighted by molar-refractivity contribution is 0.0475. The summed E-state index contributed by atoms with van der Waals surface area (Å²) in [6, 6.07) is 10.2. The first-order valence-corrected chi connectivity index (χ1v) is 11.1. The highest BCUT2D eigenvalue weighted by atomic mass is 32.1. The van der Waals surface area contributed by atoms with Crippen LogP contribution in [0.15, 0.2) is 42.6 Å². The van der Waals surface area contributed by atoms with Gasteiger partial charge in [0.2, 0.25) is 0 Å². The number of carbonyl (C=O) groups excluding carboxylic acids is 3. The van der Waals surface area contributed by atoms with Gasteiger partial charge >= 0.3 is 0 Å². The minimum atomic E-state index is -0.396. The molecular formula is C23H20N4O4S. The van der Waals surface area contributed by atoms with Crippen LogP contribution >= 0.6 is 11.3 Å². The maximum Gasteiger partial charge on any atom is 0.261 e. The van der Waals surface area contributed by atoms with E-state index in [0.717, 1.165) is 29.1 Å². The van der Waals surface area contributed by atoms with Crippen LogP contribution in [0.25, 0.3) is 10.6 Å². The maximum atomic E-state index is 12.8. The third kappa shape index (κ3) is 3.69. The van der Waals surface area contributed by atoms with Crippen molar-refractivity contribution < 1.29 is 19.1 Å². The second-order valence-electron chi connectivity index (χ2n) is 7.72. The molecule has 5 rings (SSSR count). The van der Waals surface area contributed by atoms with E-state index in [1.807, 2.05) is 25.1 Å². The quantitative estimate of drug-likeness (QED) is 0.599. The van der Waals surface area contributed by atoms with Gasteiger partial charge in [0.25, 0.3) is 17.7 Å². The lowest BCUT2D eigenvalue weighted by Crippen LogP contribution is -2.36. The van der Waals surface area contributed by atoms with Gasteiger partial charge in [0.05, 0.1) is 40.0 Å². The van der Waals surface area contributed by atoms with Crippen LogP contribution in [-0.2, 0) is 4.74 Å². The van der Waals surface area contributed by atoms with Gasteiger partial charge in [-0.1, -0.05) is 17.4 Å². The topological polar surface area (TPSA) is 101 Å². The average Bonchev–Trinajstić information content (AvgIpc) is 3.50. The van der Waals surface area contributed by atoms with Gasteiger partial charge < -0.3 is 4.74 Å². The molecule has 162 valence electrons. The van der Waals surface area contributed by atoms with Crippen LogP contribution in [0.4, 0.5) is 5.13 Å². The molecule has 3 amide bonds. The van der Waals surface area contributed by atoms with Gasteiger partial charge in [-0.15, -0.1) is 0 Å². The van der Waals surface area contributed by atoms with E-state index in [1.54, 1.807) is 12.3 Å². The first kappa shape index (κ1) is 20.5. The Bertz CT molecular complexity index is 1220. The summed E-state index contributed by atoms with van der Waals surface area (Å²) < 4.78 is 5.56. The van der Waals surface area contributed by atoms with Gasteiger partial charge in [-0.05, 0) is 50.1 Å². The number of rotatable bonds is 5. The second-order valence-corrected chi connectivity index (χ2v) is 8.72. The van der Waals surface area contributed by atoms with E-state index in [1.165, 1.54) is 28.4 Å². The maximum absolute atomic E-state index is 12.8. The molecule has 2 aromatic heterocycles. The fourth-order valence-corrected chi connectivity index (χ4v) is 4.88. The van der Waals surface area contributed by atoms with Crippen molar-refractivity contribution in [1.82, 2.24) is 14.9 Å². The van der Waals surface area contributed by atoms with Crippen molar-refractivity contribution in [3.05, 3.63) is 65.0 Å². The smallest absolute Gasteiger partial charge is 0.261 e. The first-order chi connectivity index (χ1) is 15.5. The van der Waals surface area contributed by atoms with Crippen molar-refractivity contribution in [1.29, 1.82) is 0 Å². The van der Waals surface area contributed by atoms with Crippen LogP contribution in [0.2, 0.25) is 0 Å². The number of benzene rings is 1. The highest BCUT2D eigenvalue weighted by molar-refractivity contribution is 7.19. The molecule has 4 heterocycles. The van der Waals surface area contributed by atoms with E-state index in [9.17, 15) is 14.4 Å². The van der Waals surface area contributed by atoms with Gasteiger partial charge in [0.1, 0.15) is 0 Å². The summed E-state index contributed by atoms with van der Waals surface area (Å²) >= 11 is 1.33. The average molecular weight is 449 g/mol. The van der Waals surface area contributed by atoms with Crippen molar-refractivity contribution in [2.45, 2.75) is 25.9 Å². The number of amides is 3. The number of anilines is 1. The summed E-state index contributed by atoms with van der Waals surface area (Å²) in [4.78, 5) is 49.2. The van der Waals surface area contributed by atoms with E-state index in [0.29, 0.717) is 17.3 Å². The molecular weight excluding hydrogens is 428 g/mol. The standard InChI is InChI=1S/C23H20N4O4S/c1-13-19(18-6-2-3-9-24-18)32-23(25-13)26-20(28)14-7-8-16-17(11-14)22(30)27(21(16)29)12-15-5-4-10-31-15/h2-3,6-9,11,15H,4-5,10,12H2,1H3,(H,25,26,28). The largest absolute Gasteiger partial charge is 0.376 e. The number of ether oxygens (including phenoxy) is 1. The Labute approximate surface area is 188 Å². The fourth-order valence-electron chi connectivity index (χ4n) is 3.94. The number of carbonyl (C=O) groups is 3. The predicted molar refractivity (Wildman–Crippen MR) is 119 cm³/mol. The second kappa shape index (κ2) is 8.25. The molecule has 8 nitrogen and oxygen atoms in total. The third-order valence-corrected chi connectivity index (χ3v) is 6.65. The fraction of sp³-hybridized carbons (Fsp3) is 0.261. The molecule has 2 aliphatic heterocycles. The van der Waals surface area contributed by atoms with Crippen LogP contribution in [-0.4, -0.2) is 51.8 Å². The number of aryl methyl sites for hydroxylation is 1. The first-order valence-electron chi connectivity index (χ1n) is 10.3. The molecule has 0 aliphatic carbocycles. The highest BCUT2D eigenvalue weighted by Crippen LogP contribution is 2.32. The Morgan fingerprint density at radius 1 is 1.22 bits per heavy atom. The number of hydrogen-bond acceptors (Lipinski definition) is 7. The molecule has 1 unspecified atom stereocenters. The number of nitrogens with zero attached hydrogens (tertiary/aromatic N) is 3. The van der Waals surface area contributed by atoms with E-state index >= 15 is 0 Å².